The van der Waals surface area contributed by atoms with E-state index in [4.69, 9.17) is 21.1 Å². The molecule has 2 aromatic carbocycles. The minimum absolute atomic E-state index is 0.180. The van der Waals surface area contributed by atoms with Gasteiger partial charge in [0, 0.05) is 51.2 Å². The maximum absolute atomic E-state index is 13.5. The first kappa shape index (κ1) is 20.2. The fourth-order valence-electron chi connectivity index (χ4n) is 4.67. The van der Waals surface area contributed by atoms with Crippen LogP contribution in [0.3, 0.4) is 0 Å². The van der Waals surface area contributed by atoms with Gasteiger partial charge in [0.1, 0.15) is 0 Å². The van der Waals surface area contributed by atoms with E-state index in [0.717, 1.165) is 34.5 Å². The number of ketones is 1. The Morgan fingerprint density at radius 2 is 1.77 bits per heavy atom. The summed E-state index contributed by atoms with van der Waals surface area (Å²) in [6, 6.07) is 15.9. The van der Waals surface area contributed by atoms with E-state index in [0.29, 0.717) is 22.9 Å². The van der Waals surface area contributed by atoms with Gasteiger partial charge in [-0.15, -0.1) is 11.3 Å². The van der Waals surface area contributed by atoms with E-state index in [9.17, 15) is 4.79 Å². The van der Waals surface area contributed by atoms with Crippen molar-refractivity contribution in [3.8, 4) is 11.5 Å². The summed E-state index contributed by atoms with van der Waals surface area (Å²) < 4.78 is 11.1. The summed E-state index contributed by atoms with van der Waals surface area (Å²) >= 11 is 7.87. The van der Waals surface area contributed by atoms with Crippen LogP contribution in [0.25, 0.3) is 0 Å². The van der Waals surface area contributed by atoms with Gasteiger partial charge in [0.25, 0.3) is 0 Å². The molecular weight excluding hydrogens is 430 g/mol. The number of carbonyl (C=O) groups excluding carboxylic acids is 1. The van der Waals surface area contributed by atoms with Gasteiger partial charge in [-0.1, -0.05) is 29.8 Å². The van der Waals surface area contributed by atoms with Gasteiger partial charge in [-0.05, 0) is 47.2 Å². The van der Waals surface area contributed by atoms with Gasteiger partial charge < -0.3 is 14.8 Å². The lowest BCUT2D eigenvalue weighted by Crippen LogP contribution is -2.29. The molecule has 158 valence electrons. The number of anilines is 1. The zero-order chi connectivity index (χ0) is 21.5. The number of Topliss-reactive ketones (excluding diaryl/α,β-unsaturated/α-hetero) is 1. The summed E-state index contributed by atoms with van der Waals surface area (Å²) in [5.41, 5.74) is 4.82. The van der Waals surface area contributed by atoms with Crippen molar-refractivity contribution in [2.24, 2.45) is 0 Å². The molecule has 0 spiro atoms. The van der Waals surface area contributed by atoms with E-state index >= 15 is 0 Å². The molecule has 2 aliphatic rings. The molecule has 0 amide bonds. The summed E-state index contributed by atoms with van der Waals surface area (Å²) in [6.45, 7) is 0. The predicted octanol–water partition coefficient (Wildman–Crippen LogP) is 6.38. The number of allylic oxidation sites excluding steroid dienone is 2. The van der Waals surface area contributed by atoms with Gasteiger partial charge in [-0.2, -0.15) is 0 Å². The maximum Gasteiger partial charge on any atom is 0.162 e. The van der Waals surface area contributed by atoms with Crippen molar-refractivity contribution in [3.05, 3.63) is 86.2 Å². The number of benzene rings is 2. The number of carbonyl (C=O) groups is 1. The molecule has 4 nitrogen and oxygen atoms in total. The van der Waals surface area contributed by atoms with Crippen LogP contribution in [0.15, 0.2) is 65.2 Å². The minimum atomic E-state index is -0.180. The second-order valence-electron chi connectivity index (χ2n) is 7.84. The van der Waals surface area contributed by atoms with E-state index < -0.39 is 0 Å². The Bertz CT molecular complexity index is 1170. The molecule has 0 radical (unpaired) electrons. The first-order valence-electron chi connectivity index (χ1n) is 10.2. The van der Waals surface area contributed by atoms with Crippen molar-refractivity contribution in [1.82, 2.24) is 0 Å². The third kappa shape index (κ3) is 3.52. The average molecular weight is 452 g/mol. The lowest BCUT2D eigenvalue weighted by atomic mass is 9.73. The van der Waals surface area contributed by atoms with Crippen molar-refractivity contribution >= 4 is 34.4 Å². The summed E-state index contributed by atoms with van der Waals surface area (Å²) in [6.07, 6.45) is 1.33. The third-order valence-corrected chi connectivity index (χ3v) is 7.38. The van der Waals surface area contributed by atoms with Crippen LogP contribution < -0.4 is 14.8 Å². The summed E-state index contributed by atoms with van der Waals surface area (Å²) in [5.74, 6) is 1.51. The number of hydrogen-bond acceptors (Lipinski definition) is 5. The van der Waals surface area contributed by atoms with Gasteiger partial charge in [-0.25, -0.2) is 0 Å². The van der Waals surface area contributed by atoms with Crippen LogP contribution in [-0.4, -0.2) is 20.0 Å². The molecule has 2 atom stereocenters. The molecular formula is C25H22ClNO3S. The normalized spacial score (nSPS) is 20.0. The number of thiophene rings is 1. The van der Waals surface area contributed by atoms with Crippen LogP contribution in [0.4, 0.5) is 5.69 Å². The first-order valence-corrected chi connectivity index (χ1v) is 11.4. The molecule has 3 aromatic rings. The fraction of sp³-hybridized carbons (Fsp3) is 0.240. The van der Waals surface area contributed by atoms with E-state index in [-0.39, 0.29) is 17.6 Å². The van der Waals surface area contributed by atoms with Crippen LogP contribution in [0, 0.1) is 0 Å². The van der Waals surface area contributed by atoms with Crippen LogP contribution in [0.2, 0.25) is 5.02 Å². The Kier molecular flexibility index (Phi) is 5.24. The number of hydrogen-bond donors (Lipinski definition) is 1. The van der Waals surface area contributed by atoms with Crippen molar-refractivity contribution in [2.75, 3.05) is 19.5 Å². The van der Waals surface area contributed by atoms with Crippen molar-refractivity contribution in [3.63, 3.8) is 0 Å². The molecule has 0 fully saturated rings. The number of methoxy groups -OCH3 is 2. The van der Waals surface area contributed by atoms with Crippen LogP contribution in [-0.2, 0) is 4.79 Å². The summed E-state index contributed by atoms with van der Waals surface area (Å²) in [4.78, 5) is 14.7. The second-order valence-corrected chi connectivity index (χ2v) is 9.26. The highest BCUT2D eigenvalue weighted by molar-refractivity contribution is 7.10. The average Bonchev–Trinajstić information content (AvgIpc) is 3.32. The number of ether oxygens (including phenoxy) is 2. The molecule has 0 saturated carbocycles. The van der Waals surface area contributed by atoms with E-state index in [1.807, 2.05) is 42.5 Å². The molecule has 0 bridgehead atoms. The monoisotopic (exact) mass is 451 g/mol. The first-order chi connectivity index (χ1) is 15.1. The zero-order valence-electron chi connectivity index (χ0n) is 17.3. The maximum atomic E-state index is 13.5. The molecule has 31 heavy (non-hydrogen) atoms. The fourth-order valence-corrected chi connectivity index (χ4v) is 5.63. The van der Waals surface area contributed by atoms with Gasteiger partial charge >= 0.3 is 0 Å². The van der Waals surface area contributed by atoms with Crippen LogP contribution in [0.1, 0.15) is 40.7 Å². The van der Waals surface area contributed by atoms with E-state index in [1.54, 1.807) is 25.6 Å². The van der Waals surface area contributed by atoms with Crippen LogP contribution in [0.5, 0.6) is 11.5 Å². The molecule has 1 N–H and O–H groups in total. The van der Waals surface area contributed by atoms with E-state index in [1.165, 1.54) is 4.88 Å². The Balaban J connectivity index is 1.67. The summed E-state index contributed by atoms with van der Waals surface area (Å²) in [5, 5.41) is 6.30. The Labute approximate surface area is 190 Å². The lowest BCUT2D eigenvalue weighted by molar-refractivity contribution is -0.116. The largest absolute Gasteiger partial charge is 0.493 e. The zero-order valence-corrected chi connectivity index (χ0v) is 18.8. The SMILES string of the molecule is COc1cc2c(cc1OC)C(c1ccc(Cl)cc1)C1=C(CC(c3cccs3)CC1=O)N2. The van der Waals surface area contributed by atoms with Gasteiger partial charge in [0.2, 0.25) is 0 Å². The molecule has 1 aromatic heterocycles. The van der Waals surface area contributed by atoms with E-state index in [2.05, 4.69) is 16.8 Å². The Morgan fingerprint density at radius 3 is 2.45 bits per heavy atom. The van der Waals surface area contributed by atoms with Crippen molar-refractivity contribution in [2.45, 2.75) is 24.7 Å². The number of nitrogens with one attached hydrogen (secondary N) is 1. The van der Waals surface area contributed by atoms with Gasteiger partial charge in [-0.3, -0.25) is 4.79 Å². The number of fused-ring (bicyclic) bond motifs is 1. The Hall–Kier alpha value is -2.76. The highest BCUT2D eigenvalue weighted by atomic mass is 35.5. The molecule has 0 saturated heterocycles. The standard InChI is InChI=1S/C25H22ClNO3S/c1-29-21-12-17-18(13-22(21)30-2)27-19-10-15(23-4-3-9-31-23)11-20(28)25(19)24(17)14-5-7-16(26)8-6-14/h3-9,12-13,15,24,27H,10-11H2,1-2H3. The number of rotatable bonds is 4. The molecule has 1 aliphatic carbocycles. The number of halogens is 1. The molecule has 5 rings (SSSR count). The van der Waals surface area contributed by atoms with Crippen LogP contribution >= 0.6 is 22.9 Å². The quantitative estimate of drug-likeness (QED) is 0.500. The molecule has 6 heteroatoms. The molecule has 2 unspecified atom stereocenters. The molecule has 1 aliphatic heterocycles. The predicted molar refractivity (Wildman–Crippen MR) is 125 cm³/mol. The smallest absolute Gasteiger partial charge is 0.162 e. The third-order valence-electron chi connectivity index (χ3n) is 6.10. The van der Waals surface area contributed by atoms with Gasteiger partial charge in [0.15, 0.2) is 17.3 Å². The Morgan fingerprint density at radius 1 is 1.03 bits per heavy atom. The van der Waals surface area contributed by atoms with Crippen molar-refractivity contribution < 1.29 is 14.3 Å². The van der Waals surface area contributed by atoms with Crippen molar-refractivity contribution in [1.29, 1.82) is 0 Å². The van der Waals surface area contributed by atoms with Gasteiger partial charge in [0.05, 0.1) is 14.2 Å². The lowest BCUT2D eigenvalue weighted by Gasteiger charge is -2.36. The summed E-state index contributed by atoms with van der Waals surface area (Å²) in [7, 11) is 3.26. The highest BCUT2D eigenvalue weighted by Gasteiger charge is 2.39. The highest BCUT2D eigenvalue weighted by Crippen LogP contribution is 2.50. The molecule has 2 heterocycles. The minimum Gasteiger partial charge on any atom is -0.493 e. The second kappa shape index (κ2) is 8.06. The topological polar surface area (TPSA) is 47.6 Å².